The van der Waals surface area contributed by atoms with Crippen molar-refractivity contribution < 1.29 is 4.74 Å². The summed E-state index contributed by atoms with van der Waals surface area (Å²) in [6, 6.07) is 6.90. The maximum Gasteiger partial charge on any atom is 0.125 e. The first kappa shape index (κ1) is 10.8. The van der Waals surface area contributed by atoms with Gasteiger partial charge in [-0.1, -0.05) is 17.7 Å². The van der Waals surface area contributed by atoms with E-state index >= 15 is 0 Å². The van der Waals surface area contributed by atoms with Gasteiger partial charge in [-0.3, -0.25) is 0 Å². The zero-order valence-corrected chi connectivity index (χ0v) is 8.58. The second-order valence-corrected chi connectivity index (χ2v) is 3.23. The fourth-order valence-corrected chi connectivity index (χ4v) is 1.56. The van der Waals surface area contributed by atoms with Crippen molar-refractivity contribution >= 4 is 11.6 Å². The van der Waals surface area contributed by atoms with Gasteiger partial charge in [-0.05, 0) is 12.1 Å². The third-order valence-electron chi connectivity index (χ3n) is 1.91. The summed E-state index contributed by atoms with van der Waals surface area (Å²) < 4.78 is 5.12. The Labute approximate surface area is 88.0 Å². The molecule has 0 aliphatic rings. The Kier molecular flexibility index (Phi) is 3.75. The fourth-order valence-electron chi connectivity index (χ4n) is 1.26. The number of nitrogens with zero attached hydrogens (tertiary/aromatic N) is 1. The van der Waals surface area contributed by atoms with Crippen LogP contribution in [0.1, 0.15) is 18.0 Å². The van der Waals surface area contributed by atoms with E-state index in [-0.39, 0.29) is 6.42 Å². The Morgan fingerprint density at radius 3 is 2.93 bits per heavy atom. The summed E-state index contributed by atoms with van der Waals surface area (Å²) in [5.74, 6) is 0.625. The van der Waals surface area contributed by atoms with Crippen molar-refractivity contribution in [2.45, 2.75) is 12.5 Å². The Balaban J connectivity index is 3.11. The van der Waals surface area contributed by atoms with Crippen molar-refractivity contribution in [1.29, 1.82) is 5.26 Å². The van der Waals surface area contributed by atoms with E-state index in [9.17, 15) is 0 Å². The van der Waals surface area contributed by atoms with Gasteiger partial charge in [-0.2, -0.15) is 5.26 Å². The molecule has 2 N–H and O–H groups in total. The average molecular weight is 211 g/mol. The van der Waals surface area contributed by atoms with Gasteiger partial charge in [0.15, 0.2) is 0 Å². The number of halogens is 1. The molecule has 0 aliphatic heterocycles. The molecule has 0 saturated carbocycles. The molecule has 1 aromatic carbocycles. The summed E-state index contributed by atoms with van der Waals surface area (Å²) in [5.41, 5.74) is 6.49. The van der Waals surface area contributed by atoms with Crippen molar-refractivity contribution in [2.75, 3.05) is 7.11 Å². The Morgan fingerprint density at radius 1 is 1.64 bits per heavy atom. The monoisotopic (exact) mass is 210 g/mol. The van der Waals surface area contributed by atoms with Crippen LogP contribution in [0.15, 0.2) is 18.2 Å². The molecule has 0 aliphatic carbocycles. The molecule has 0 amide bonds. The van der Waals surface area contributed by atoms with Crippen molar-refractivity contribution in [2.24, 2.45) is 5.73 Å². The number of ether oxygens (including phenoxy) is 1. The van der Waals surface area contributed by atoms with Gasteiger partial charge >= 0.3 is 0 Å². The number of hydrogen-bond acceptors (Lipinski definition) is 3. The maximum atomic E-state index is 8.54. The molecule has 0 fully saturated rings. The summed E-state index contributed by atoms with van der Waals surface area (Å²) in [4.78, 5) is 0. The normalized spacial score (nSPS) is 11.9. The van der Waals surface area contributed by atoms with E-state index in [1.807, 2.05) is 6.07 Å². The van der Waals surface area contributed by atoms with Crippen LogP contribution in [-0.4, -0.2) is 7.11 Å². The zero-order valence-electron chi connectivity index (χ0n) is 7.83. The predicted octanol–water partition coefficient (Wildman–Crippen LogP) is 2.26. The van der Waals surface area contributed by atoms with Crippen LogP contribution in [0, 0.1) is 11.3 Å². The Morgan fingerprint density at radius 2 is 2.36 bits per heavy atom. The molecule has 0 saturated heterocycles. The standard InChI is InChI=1S/C10H11ClN2O/c1-14-9-4-2-3-7(11)10(9)8(13)5-6-12/h2-4,8H,5,13H2,1H3/t8-/m0/s1. The summed E-state index contributed by atoms with van der Waals surface area (Å²) in [6.45, 7) is 0. The third kappa shape index (κ3) is 2.16. The molecule has 3 nitrogen and oxygen atoms in total. The van der Waals surface area contributed by atoms with Crippen molar-refractivity contribution in [3.05, 3.63) is 28.8 Å². The first-order valence-electron chi connectivity index (χ1n) is 4.15. The van der Waals surface area contributed by atoms with E-state index in [1.165, 1.54) is 0 Å². The van der Waals surface area contributed by atoms with Gasteiger partial charge in [0.25, 0.3) is 0 Å². The highest BCUT2D eigenvalue weighted by Crippen LogP contribution is 2.31. The van der Waals surface area contributed by atoms with E-state index in [4.69, 9.17) is 27.3 Å². The van der Waals surface area contributed by atoms with Crippen LogP contribution in [0.2, 0.25) is 5.02 Å². The number of nitrogens with two attached hydrogens (primary N) is 1. The smallest absolute Gasteiger partial charge is 0.125 e. The molecule has 14 heavy (non-hydrogen) atoms. The van der Waals surface area contributed by atoms with E-state index in [2.05, 4.69) is 0 Å². The van der Waals surface area contributed by atoms with Gasteiger partial charge in [-0.15, -0.1) is 0 Å². The van der Waals surface area contributed by atoms with E-state index in [1.54, 1.807) is 25.3 Å². The van der Waals surface area contributed by atoms with Gasteiger partial charge < -0.3 is 10.5 Å². The highest BCUT2D eigenvalue weighted by Gasteiger charge is 2.14. The molecule has 0 bridgehead atoms. The van der Waals surface area contributed by atoms with Crippen molar-refractivity contribution in [3.8, 4) is 11.8 Å². The van der Waals surface area contributed by atoms with Crippen LogP contribution in [0.3, 0.4) is 0 Å². The summed E-state index contributed by atoms with van der Waals surface area (Å²) in [5, 5.41) is 9.07. The molecular weight excluding hydrogens is 200 g/mol. The largest absolute Gasteiger partial charge is 0.496 e. The van der Waals surface area contributed by atoms with Gasteiger partial charge in [0.05, 0.1) is 19.6 Å². The lowest BCUT2D eigenvalue weighted by Crippen LogP contribution is -2.11. The predicted molar refractivity (Wildman–Crippen MR) is 55.2 cm³/mol. The molecule has 1 rings (SSSR count). The van der Waals surface area contributed by atoms with E-state index in [0.29, 0.717) is 16.3 Å². The van der Waals surface area contributed by atoms with E-state index < -0.39 is 6.04 Å². The summed E-state index contributed by atoms with van der Waals surface area (Å²) >= 11 is 5.97. The average Bonchev–Trinajstić information content (AvgIpc) is 2.17. The fraction of sp³-hybridized carbons (Fsp3) is 0.300. The lowest BCUT2D eigenvalue weighted by molar-refractivity contribution is 0.406. The number of methoxy groups -OCH3 is 1. The second-order valence-electron chi connectivity index (χ2n) is 2.82. The lowest BCUT2D eigenvalue weighted by atomic mass is 10.0. The summed E-state index contributed by atoms with van der Waals surface area (Å²) in [6.07, 6.45) is 0.222. The molecule has 74 valence electrons. The number of nitriles is 1. The Hall–Kier alpha value is -1.24. The van der Waals surface area contributed by atoms with Gasteiger partial charge in [0, 0.05) is 16.6 Å². The molecule has 0 heterocycles. The third-order valence-corrected chi connectivity index (χ3v) is 2.24. The van der Waals surface area contributed by atoms with Crippen LogP contribution in [0.4, 0.5) is 0 Å². The van der Waals surface area contributed by atoms with Crippen LogP contribution in [0.5, 0.6) is 5.75 Å². The van der Waals surface area contributed by atoms with Crippen LogP contribution in [-0.2, 0) is 0 Å². The van der Waals surface area contributed by atoms with Crippen LogP contribution < -0.4 is 10.5 Å². The van der Waals surface area contributed by atoms with Crippen LogP contribution >= 0.6 is 11.6 Å². The molecule has 4 heteroatoms. The minimum atomic E-state index is -0.399. The first-order valence-corrected chi connectivity index (χ1v) is 4.53. The molecule has 0 radical (unpaired) electrons. The topological polar surface area (TPSA) is 59.0 Å². The first-order chi connectivity index (χ1) is 6.70. The molecule has 0 spiro atoms. The van der Waals surface area contributed by atoms with Crippen molar-refractivity contribution in [3.63, 3.8) is 0 Å². The highest BCUT2D eigenvalue weighted by molar-refractivity contribution is 6.31. The summed E-state index contributed by atoms with van der Waals surface area (Å²) in [7, 11) is 1.55. The SMILES string of the molecule is COc1cccc(Cl)c1[C@@H](N)CC#N. The van der Waals surface area contributed by atoms with E-state index in [0.717, 1.165) is 0 Å². The molecule has 0 unspecified atom stereocenters. The molecular formula is C10H11ClN2O. The molecule has 1 aromatic rings. The molecule has 1 atom stereocenters. The van der Waals surface area contributed by atoms with Crippen LogP contribution in [0.25, 0.3) is 0 Å². The van der Waals surface area contributed by atoms with Crippen molar-refractivity contribution in [1.82, 2.24) is 0 Å². The van der Waals surface area contributed by atoms with Gasteiger partial charge in [0.2, 0.25) is 0 Å². The number of benzene rings is 1. The number of rotatable bonds is 3. The number of hydrogen-bond donors (Lipinski definition) is 1. The lowest BCUT2D eigenvalue weighted by Gasteiger charge is -2.14. The Bertz CT molecular complexity index is 360. The van der Waals surface area contributed by atoms with Gasteiger partial charge in [0.1, 0.15) is 5.75 Å². The zero-order chi connectivity index (χ0) is 10.6. The minimum Gasteiger partial charge on any atom is -0.496 e. The van der Waals surface area contributed by atoms with Gasteiger partial charge in [-0.25, -0.2) is 0 Å². The quantitative estimate of drug-likeness (QED) is 0.833. The highest BCUT2D eigenvalue weighted by atomic mass is 35.5. The molecule has 0 aromatic heterocycles. The maximum absolute atomic E-state index is 8.54. The second kappa shape index (κ2) is 4.85. The minimum absolute atomic E-state index is 0.222.